The first-order valence-corrected chi connectivity index (χ1v) is 11.2. The molecule has 0 saturated heterocycles. The van der Waals surface area contributed by atoms with E-state index in [2.05, 4.69) is 25.2 Å². The van der Waals surface area contributed by atoms with Crippen LogP contribution < -0.4 is 20.7 Å². The predicted octanol–water partition coefficient (Wildman–Crippen LogP) is 4.65. The lowest BCUT2D eigenvalue weighted by molar-refractivity contribution is -0.242. The quantitative estimate of drug-likeness (QED) is 0.480. The van der Waals surface area contributed by atoms with Crippen LogP contribution in [0.3, 0.4) is 0 Å². The van der Waals surface area contributed by atoms with Crippen LogP contribution in [0.5, 0.6) is 5.75 Å². The molecule has 12 heteroatoms. The first-order chi connectivity index (χ1) is 17.0. The number of aromatic nitrogens is 2. The van der Waals surface area contributed by atoms with Crippen LogP contribution in [-0.4, -0.2) is 40.7 Å². The van der Waals surface area contributed by atoms with Crippen molar-refractivity contribution < 1.29 is 31.9 Å². The lowest BCUT2D eigenvalue weighted by Gasteiger charge is -2.36. The van der Waals surface area contributed by atoms with E-state index in [4.69, 9.17) is 9.15 Å². The molecule has 1 amide bonds. The molecule has 1 aliphatic heterocycles. The summed E-state index contributed by atoms with van der Waals surface area (Å²) in [6, 6.07) is 14.5. The second-order valence-corrected chi connectivity index (χ2v) is 8.86. The van der Waals surface area contributed by atoms with Gasteiger partial charge in [0.15, 0.2) is 0 Å². The van der Waals surface area contributed by atoms with Gasteiger partial charge in [0, 0.05) is 18.7 Å². The third-order valence-corrected chi connectivity index (χ3v) is 5.67. The highest BCUT2D eigenvalue weighted by molar-refractivity contribution is 5.86. The maximum Gasteiger partial charge on any atom is 0.434 e. The lowest BCUT2D eigenvalue weighted by atomic mass is 10.1. The van der Waals surface area contributed by atoms with Crippen LogP contribution in [0.2, 0.25) is 0 Å². The number of carbonyl (C=O) groups excluding carboxylic acids is 1. The summed E-state index contributed by atoms with van der Waals surface area (Å²) in [5, 5.41) is 8.41. The standard InChI is InChI=1S/C24H25F3N4O5/c1-23(2,24(25,26)27)36-21(32)28-16-8-10-19-18(12-16)31(13-15-6-4-3-5-7-15)14-17(34-19)9-11-20-29-30-22(33)35-20/h3-8,10,12,17H,9,11,13-14H2,1-2H3,(H,28,32)(H,30,33)/t17-/m0/s1. The zero-order valence-electron chi connectivity index (χ0n) is 19.6. The van der Waals surface area contributed by atoms with Gasteiger partial charge in [-0.2, -0.15) is 13.2 Å². The number of aromatic amines is 1. The summed E-state index contributed by atoms with van der Waals surface area (Å²) in [6.45, 7) is 2.57. The molecule has 1 atom stereocenters. The average molecular weight is 506 g/mol. The largest absolute Gasteiger partial charge is 0.486 e. The topological polar surface area (TPSA) is 110 Å². The predicted molar refractivity (Wildman–Crippen MR) is 124 cm³/mol. The molecule has 0 fully saturated rings. The van der Waals surface area contributed by atoms with Crippen molar-refractivity contribution in [1.82, 2.24) is 10.2 Å². The van der Waals surface area contributed by atoms with E-state index in [9.17, 15) is 22.8 Å². The Morgan fingerprint density at radius 3 is 2.64 bits per heavy atom. The van der Waals surface area contributed by atoms with Crippen molar-refractivity contribution in [3.8, 4) is 5.75 Å². The van der Waals surface area contributed by atoms with Gasteiger partial charge in [0.25, 0.3) is 0 Å². The highest BCUT2D eigenvalue weighted by Crippen LogP contribution is 2.38. The summed E-state index contributed by atoms with van der Waals surface area (Å²) in [5.74, 6) is 0.201. The number of fused-ring (bicyclic) bond motifs is 1. The maximum absolute atomic E-state index is 13.1. The molecule has 4 rings (SSSR count). The molecular weight excluding hydrogens is 481 g/mol. The molecule has 1 aliphatic rings. The smallest absolute Gasteiger partial charge is 0.434 e. The van der Waals surface area contributed by atoms with Crippen LogP contribution in [0.4, 0.5) is 29.3 Å². The zero-order valence-corrected chi connectivity index (χ0v) is 19.6. The Balaban J connectivity index is 1.52. The molecule has 2 aromatic carbocycles. The second-order valence-electron chi connectivity index (χ2n) is 8.86. The Kier molecular flexibility index (Phi) is 6.95. The fraction of sp³-hybridized carbons (Fsp3) is 0.375. The SMILES string of the molecule is CC(C)(OC(=O)Nc1ccc2c(c1)N(Cc1ccccc1)C[C@H](CCc1n[nH]c(=O)o1)O2)C(F)(F)F. The molecule has 0 spiro atoms. The molecule has 0 bridgehead atoms. The van der Waals surface area contributed by atoms with Crippen molar-refractivity contribution in [3.63, 3.8) is 0 Å². The monoisotopic (exact) mass is 506 g/mol. The van der Waals surface area contributed by atoms with E-state index in [0.29, 0.717) is 37.4 Å². The Labute approximate surface area is 204 Å². The fourth-order valence-corrected chi connectivity index (χ4v) is 3.69. The van der Waals surface area contributed by atoms with E-state index in [0.717, 1.165) is 19.4 Å². The number of benzene rings is 2. The van der Waals surface area contributed by atoms with E-state index in [1.165, 1.54) is 6.07 Å². The number of aryl methyl sites for hydroxylation is 1. The van der Waals surface area contributed by atoms with Crippen molar-refractivity contribution in [2.24, 2.45) is 0 Å². The molecule has 0 radical (unpaired) electrons. The Morgan fingerprint density at radius 1 is 1.22 bits per heavy atom. The van der Waals surface area contributed by atoms with Crippen molar-refractivity contribution in [2.75, 3.05) is 16.8 Å². The summed E-state index contributed by atoms with van der Waals surface area (Å²) in [7, 11) is 0. The van der Waals surface area contributed by atoms with Gasteiger partial charge in [-0.15, -0.1) is 5.10 Å². The van der Waals surface area contributed by atoms with Gasteiger partial charge in [0.05, 0.1) is 12.2 Å². The number of rotatable bonds is 7. The Hall–Kier alpha value is -3.96. The molecule has 0 saturated carbocycles. The molecule has 36 heavy (non-hydrogen) atoms. The minimum absolute atomic E-state index is 0.250. The highest BCUT2D eigenvalue weighted by Gasteiger charge is 2.51. The number of amides is 1. The number of hydrogen-bond donors (Lipinski definition) is 2. The summed E-state index contributed by atoms with van der Waals surface area (Å²) >= 11 is 0. The second kappa shape index (κ2) is 9.96. The molecule has 2 heterocycles. The van der Waals surface area contributed by atoms with Gasteiger partial charge >= 0.3 is 18.0 Å². The minimum Gasteiger partial charge on any atom is -0.486 e. The van der Waals surface area contributed by atoms with E-state index < -0.39 is 23.6 Å². The molecule has 192 valence electrons. The van der Waals surface area contributed by atoms with Crippen LogP contribution in [-0.2, 0) is 17.7 Å². The van der Waals surface area contributed by atoms with Crippen molar-refractivity contribution in [3.05, 3.63) is 70.5 Å². The summed E-state index contributed by atoms with van der Waals surface area (Å²) in [4.78, 5) is 25.4. The molecule has 9 nitrogen and oxygen atoms in total. The minimum atomic E-state index is -4.71. The van der Waals surface area contributed by atoms with Gasteiger partial charge in [0.1, 0.15) is 11.9 Å². The zero-order chi connectivity index (χ0) is 25.9. The van der Waals surface area contributed by atoms with E-state index in [1.807, 2.05) is 30.3 Å². The Bertz CT molecular complexity index is 1260. The number of ether oxygens (including phenoxy) is 2. The number of hydrogen-bond acceptors (Lipinski definition) is 7. The van der Waals surface area contributed by atoms with Gasteiger partial charge in [-0.3, -0.25) is 5.32 Å². The number of halogens is 3. The number of anilines is 2. The number of nitrogens with one attached hydrogen (secondary N) is 2. The van der Waals surface area contributed by atoms with Crippen molar-refractivity contribution in [1.29, 1.82) is 0 Å². The summed E-state index contributed by atoms with van der Waals surface area (Å²) in [5.41, 5.74) is -0.689. The number of nitrogens with zero attached hydrogens (tertiary/aromatic N) is 2. The normalized spacial score (nSPS) is 15.7. The van der Waals surface area contributed by atoms with E-state index in [-0.39, 0.29) is 17.7 Å². The molecular formula is C24H25F3N4O5. The van der Waals surface area contributed by atoms with Crippen LogP contribution in [0, 0.1) is 0 Å². The maximum atomic E-state index is 13.1. The lowest BCUT2D eigenvalue weighted by Crippen LogP contribution is -2.44. The molecule has 1 aromatic heterocycles. The van der Waals surface area contributed by atoms with E-state index >= 15 is 0 Å². The van der Waals surface area contributed by atoms with Gasteiger partial charge in [-0.05, 0) is 44.0 Å². The van der Waals surface area contributed by atoms with Crippen LogP contribution in [0.25, 0.3) is 0 Å². The van der Waals surface area contributed by atoms with Gasteiger partial charge < -0.3 is 18.8 Å². The van der Waals surface area contributed by atoms with Crippen LogP contribution >= 0.6 is 0 Å². The number of carbonyl (C=O) groups is 1. The number of H-pyrrole nitrogens is 1. The fourth-order valence-electron chi connectivity index (χ4n) is 3.69. The summed E-state index contributed by atoms with van der Waals surface area (Å²) in [6.07, 6.45) is -5.27. The molecule has 2 N–H and O–H groups in total. The molecule has 0 unspecified atom stereocenters. The van der Waals surface area contributed by atoms with Gasteiger partial charge in [-0.1, -0.05) is 30.3 Å². The third kappa shape index (κ3) is 5.99. The first-order valence-electron chi connectivity index (χ1n) is 11.2. The van der Waals surface area contributed by atoms with Gasteiger partial charge in [-0.25, -0.2) is 14.7 Å². The summed E-state index contributed by atoms with van der Waals surface area (Å²) < 4.78 is 54.9. The van der Waals surface area contributed by atoms with Crippen molar-refractivity contribution >= 4 is 17.5 Å². The first kappa shape index (κ1) is 25.1. The van der Waals surface area contributed by atoms with Crippen LogP contribution in [0.1, 0.15) is 31.7 Å². The molecule has 3 aromatic rings. The highest BCUT2D eigenvalue weighted by atomic mass is 19.4. The number of alkyl halides is 3. The van der Waals surface area contributed by atoms with Gasteiger partial charge in [0.2, 0.25) is 11.5 Å². The average Bonchev–Trinajstić information content (AvgIpc) is 3.22. The van der Waals surface area contributed by atoms with Crippen molar-refractivity contribution in [2.45, 2.75) is 51.1 Å². The van der Waals surface area contributed by atoms with E-state index in [1.54, 1.807) is 12.1 Å². The van der Waals surface area contributed by atoms with Crippen LogP contribution in [0.15, 0.2) is 57.7 Å². The molecule has 0 aliphatic carbocycles. The Morgan fingerprint density at radius 2 is 1.97 bits per heavy atom. The third-order valence-electron chi connectivity index (χ3n) is 5.67.